The number of ketones is 2. The molecule has 0 saturated heterocycles. The van der Waals surface area contributed by atoms with Crippen molar-refractivity contribution in [2.45, 2.75) is 45.8 Å². The number of anilines is 1. The molecule has 0 saturated carbocycles. The highest BCUT2D eigenvalue weighted by Crippen LogP contribution is 2.73. The molecule has 2 N–H and O–H groups in total. The number of ether oxygens (including phenoxy) is 1. The van der Waals surface area contributed by atoms with E-state index < -0.39 is 11.1 Å². The molecule has 2 atom stereocenters. The van der Waals surface area contributed by atoms with Gasteiger partial charge in [0.25, 0.3) is 0 Å². The van der Waals surface area contributed by atoms with Crippen molar-refractivity contribution in [1.82, 2.24) is 0 Å². The molecule has 0 radical (unpaired) electrons. The Morgan fingerprint density at radius 3 is 2.53 bits per heavy atom. The number of hydrogen-bond donors (Lipinski definition) is 1. The summed E-state index contributed by atoms with van der Waals surface area (Å²) in [5.74, 6) is -0.509. The molecule has 2 aliphatic heterocycles. The van der Waals surface area contributed by atoms with Crippen LogP contribution < -0.4 is 10.6 Å². The van der Waals surface area contributed by atoms with E-state index in [1.807, 2.05) is 41.3 Å². The highest BCUT2D eigenvalue weighted by molar-refractivity contribution is 6.20. The lowest BCUT2D eigenvalue weighted by Crippen LogP contribution is -2.52. The summed E-state index contributed by atoms with van der Waals surface area (Å²) in [6.45, 7) is 6.19. The average molecular weight is 452 g/mol. The first-order valence-corrected chi connectivity index (χ1v) is 11.6. The van der Waals surface area contributed by atoms with E-state index in [1.54, 1.807) is 12.1 Å². The van der Waals surface area contributed by atoms with E-state index in [9.17, 15) is 14.9 Å². The second kappa shape index (κ2) is 6.38. The SMILES string of the molecule is CCc1ccccc1N1C2=C(C(=O)CC(C)(C)C2)[C@@]23C(=O)c4ccccc4[C@@]12OC(N)=C3C#N. The largest absolute Gasteiger partial charge is 0.446 e. The number of Topliss-reactive ketones (excluding diaryl/α,β-unsaturated/α-hetero) is 2. The van der Waals surface area contributed by atoms with Gasteiger partial charge in [0.2, 0.25) is 11.6 Å². The minimum Gasteiger partial charge on any atom is -0.446 e. The van der Waals surface area contributed by atoms with Gasteiger partial charge in [0.05, 0.1) is 0 Å². The van der Waals surface area contributed by atoms with Crippen molar-refractivity contribution in [3.05, 3.63) is 87.9 Å². The molecule has 2 aliphatic carbocycles. The Morgan fingerprint density at radius 2 is 1.79 bits per heavy atom. The summed E-state index contributed by atoms with van der Waals surface area (Å²) in [7, 11) is 0. The molecular formula is C28H25N3O3. The van der Waals surface area contributed by atoms with Crippen LogP contribution in [0.15, 0.2) is 71.3 Å². The van der Waals surface area contributed by atoms with Crippen molar-refractivity contribution in [3.63, 3.8) is 0 Å². The van der Waals surface area contributed by atoms with E-state index >= 15 is 0 Å². The third-order valence-corrected chi connectivity index (χ3v) is 7.80. The molecule has 0 bridgehead atoms. The van der Waals surface area contributed by atoms with Gasteiger partial charge in [-0.15, -0.1) is 0 Å². The number of para-hydroxylation sites is 1. The van der Waals surface area contributed by atoms with Crippen LogP contribution in [0, 0.1) is 22.2 Å². The van der Waals surface area contributed by atoms with Crippen molar-refractivity contribution in [2.24, 2.45) is 16.6 Å². The molecule has 0 unspecified atom stereocenters. The second-order valence-electron chi connectivity index (χ2n) is 10.3. The molecule has 170 valence electrons. The maximum atomic E-state index is 14.4. The highest BCUT2D eigenvalue weighted by atomic mass is 16.5. The van der Waals surface area contributed by atoms with E-state index in [1.165, 1.54) is 0 Å². The molecule has 0 spiro atoms. The smallest absolute Gasteiger partial charge is 0.238 e. The molecule has 2 aromatic rings. The number of fused-ring (bicyclic) bond motifs is 1. The van der Waals surface area contributed by atoms with Crippen molar-refractivity contribution in [3.8, 4) is 6.07 Å². The standard InChI is InChI=1S/C28H25N3O3/c1-4-16-9-5-8-12-20(16)31-21-13-26(2,3)14-22(32)23(21)27-19(15-29)25(30)34-28(27,31)18-11-7-6-10-17(18)24(27)33/h5-12H,4,13-14,30H2,1-3H3/t27-,28-/m0/s1. The highest BCUT2D eigenvalue weighted by Gasteiger charge is 2.81. The molecular weight excluding hydrogens is 426 g/mol. The molecule has 0 fully saturated rings. The Morgan fingerprint density at radius 1 is 1.09 bits per heavy atom. The topological polar surface area (TPSA) is 96.4 Å². The van der Waals surface area contributed by atoms with E-state index in [0.717, 1.165) is 23.4 Å². The molecule has 0 amide bonds. The fourth-order valence-electron chi connectivity index (χ4n) is 6.66. The van der Waals surface area contributed by atoms with Gasteiger partial charge in [0, 0.05) is 34.5 Å². The Kier molecular flexibility index (Phi) is 3.89. The molecule has 6 rings (SSSR count). The first-order chi connectivity index (χ1) is 16.2. The molecule has 6 heteroatoms. The van der Waals surface area contributed by atoms with Crippen LogP contribution in [0.1, 0.15) is 55.1 Å². The number of carbonyl (C=O) groups excluding carboxylic acids is 2. The third-order valence-electron chi connectivity index (χ3n) is 7.80. The zero-order valence-electron chi connectivity index (χ0n) is 19.4. The minimum absolute atomic E-state index is 0.0331. The van der Waals surface area contributed by atoms with Crippen LogP contribution in [0.2, 0.25) is 0 Å². The number of aryl methyl sites for hydroxylation is 1. The van der Waals surface area contributed by atoms with E-state index in [4.69, 9.17) is 10.5 Å². The lowest BCUT2D eigenvalue weighted by atomic mass is 9.64. The van der Waals surface area contributed by atoms with Gasteiger partial charge in [0.1, 0.15) is 11.6 Å². The van der Waals surface area contributed by atoms with Gasteiger partial charge in [0.15, 0.2) is 17.0 Å². The normalized spacial score (nSPS) is 28.4. The van der Waals surface area contributed by atoms with Crippen molar-refractivity contribution in [1.29, 1.82) is 5.26 Å². The van der Waals surface area contributed by atoms with Crippen LogP contribution in [-0.4, -0.2) is 11.6 Å². The summed E-state index contributed by atoms with van der Waals surface area (Å²) in [5, 5.41) is 10.3. The Hall–Kier alpha value is -3.85. The summed E-state index contributed by atoms with van der Waals surface area (Å²) in [6, 6.07) is 17.4. The van der Waals surface area contributed by atoms with Gasteiger partial charge in [-0.1, -0.05) is 63.2 Å². The van der Waals surface area contributed by atoms with Crippen molar-refractivity contribution >= 4 is 17.3 Å². The molecule has 4 aliphatic rings. The monoisotopic (exact) mass is 451 g/mol. The predicted molar refractivity (Wildman–Crippen MR) is 126 cm³/mol. The number of hydrogen-bond acceptors (Lipinski definition) is 6. The van der Waals surface area contributed by atoms with Gasteiger partial charge in [-0.3, -0.25) is 9.59 Å². The van der Waals surface area contributed by atoms with Crippen LogP contribution in [0.5, 0.6) is 0 Å². The van der Waals surface area contributed by atoms with E-state index in [-0.39, 0.29) is 34.9 Å². The summed E-state index contributed by atoms with van der Waals surface area (Å²) < 4.78 is 6.51. The average Bonchev–Trinajstić information content (AvgIpc) is 3.28. The maximum Gasteiger partial charge on any atom is 0.238 e. The number of carbonyl (C=O) groups is 2. The predicted octanol–water partition coefficient (Wildman–Crippen LogP) is 4.47. The lowest BCUT2D eigenvalue weighted by molar-refractivity contribution is -0.119. The Balaban J connectivity index is 1.81. The van der Waals surface area contributed by atoms with Crippen LogP contribution in [0.25, 0.3) is 0 Å². The van der Waals surface area contributed by atoms with Crippen LogP contribution in [-0.2, 0) is 21.7 Å². The first kappa shape index (κ1) is 20.7. The van der Waals surface area contributed by atoms with E-state index in [0.29, 0.717) is 23.1 Å². The Bertz CT molecular complexity index is 1430. The Labute approximate surface area is 198 Å². The van der Waals surface area contributed by atoms with Gasteiger partial charge in [-0.25, -0.2) is 0 Å². The quantitative estimate of drug-likeness (QED) is 0.724. The minimum atomic E-state index is -1.61. The zero-order chi connectivity index (χ0) is 24.0. The van der Waals surface area contributed by atoms with Crippen molar-refractivity contribution in [2.75, 3.05) is 4.90 Å². The summed E-state index contributed by atoms with van der Waals surface area (Å²) in [4.78, 5) is 30.3. The number of allylic oxidation sites excluding steroid dienone is 1. The summed E-state index contributed by atoms with van der Waals surface area (Å²) in [5.41, 5.74) is 7.15. The third kappa shape index (κ3) is 2.07. The second-order valence-corrected chi connectivity index (χ2v) is 10.3. The van der Waals surface area contributed by atoms with E-state index in [2.05, 4.69) is 26.8 Å². The van der Waals surface area contributed by atoms with Crippen molar-refractivity contribution < 1.29 is 14.3 Å². The van der Waals surface area contributed by atoms with Gasteiger partial charge in [-0.2, -0.15) is 5.26 Å². The summed E-state index contributed by atoms with van der Waals surface area (Å²) in [6.07, 6.45) is 1.61. The molecule has 2 aromatic carbocycles. The molecule has 6 nitrogen and oxygen atoms in total. The molecule has 2 heterocycles. The van der Waals surface area contributed by atoms with Crippen LogP contribution in [0.4, 0.5) is 5.69 Å². The number of nitrogens with zero attached hydrogens (tertiary/aromatic N) is 2. The lowest BCUT2D eigenvalue weighted by Gasteiger charge is -2.43. The number of nitriles is 1. The van der Waals surface area contributed by atoms with Gasteiger partial charge >= 0.3 is 0 Å². The first-order valence-electron chi connectivity index (χ1n) is 11.6. The summed E-state index contributed by atoms with van der Waals surface area (Å²) >= 11 is 0. The molecule has 34 heavy (non-hydrogen) atoms. The fraction of sp³-hybridized carbons (Fsp3) is 0.321. The maximum absolute atomic E-state index is 14.4. The molecule has 0 aromatic heterocycles. The van der Waals surface area contributed by atoms with Gasteiger partial charge in [-0.05, 0) is 29.9 Å². The van der Waals surface area contributed by atoms with Crippen LogP contribution in [0.3, 0.4) is 0 Å². The van der Waals surface area contributed by atoms with Gasteiger partial charge < -0.3 is 15.4 Å². The number of benzene rings is 2. The zero-order valence-corrected chi connectivity index (χ0v) is 19.4. The number of rotatable bonds is 2. The number of nitrogens with two attached hydrogens (primary N) is 1. The van der Waals surface area contributed by atoms with Crippen LogP contribution >= 0.6 is 0 Å². The fourth-order valence-corrected chi connectivity index (χ4v) is 6.66.